The first-order valence-corrected chi connectivity index (χ1v) is 23.2. The Morgan fingerprint density at radius 2 is 1.69 bits per heavy atom. The molecular weight excluding hydrogens is 862 g/mol. The third kappa shape index (κ3) is 9.75. The lowest BCUT2D eigenvalue weighted by Gasteiger charge is -2.48. The number of carbonyl (C=O) groups excluding carboxylic acids is 2. The molecule has 5 aromatic rings. The Bertz CT molecular complexity index is 2850. The summed E-state index contributed by atoms with van der Waals surface area (Å²) in [7, 11) is 3.72. The number of halogens is 3. The fraction of sp³-hybridized carbons (Fsp3) is 0.420. The van der Waals surface area contributed by atoms with E-state index in [1.807, 2.05) is 34.7 Å². The number of hydrogen-bond donors (Lipinski definition) is 2. The number of carbonyl (C=O) groups is 2. The van der Waals surface area contributed by atoms with Crippen LogP contribution < -0.4 is 21.1 Å². The summed E-state index contributed by atoms with van der Waals surface area (Å²) in [5.74, 6) is -2.80. The first-order chi connectivity index (χ1) is 32.3. The van der Waals surface area contributed by atoms with Crippen LogP contribution in [0.25, 0.3) is 27.1 Å². The van der Waals surface area contributed by atoms with Gasteiger partial charge < -0.3 is 24.6 Å². The van der Waals surface area contributed by atoms with Crippen molar-refractivity contribution in [1.82, 2.24) is 29.2 Å². The van der Waals surface area contributed by atoms with E-state index >= 15 is 13.2 Å². The Hall–Kier alpha value is -6.32. The topological polar surface area (TPSA) is 135 Å². The number of nitrogens with one attached hydrogen (secondary N) is 2. The Morgan fingerprint density at radius 1 is 0.925 bits per heavy atom. The summed E-state index contributed by atoms with van der Waals surface area (Å²) in [5.41, 5.74) is 4.82. The van der Waals surface area contributed by atoms with Crippen molar-refractivity contribution in [2.75, 3.05) is 76.2 Å². The number of benzene rings is 2. The number of hydrogen-bond acceptors (Lipinski definition) is 9. The van der Waals surface area contributed by atoms with Crippen molar-refractivity contribution in [3.8, 4) is 11.8 Å². The number of likely N-dealkylation sites (tertiary alicyclic amines) is 1. The van der Waals surface area contributed by atoms with E-state index in [2.05, 4.69) is 49.3 Å². The summed E-state index contributed by atoms with van der Waals surface area (Å²) in [6.07, 6.45) is 7.75. The van der Waals surface area contributed by atoms with Gasteiger partial charge in [0.25, 0.3) is 11.6 Å². The van der Waals surface area contributed by atoms with Gasteiger partial charge in [-0.1, -0.05) is 6.08 Å². The van der Waals surface area contributed by atoms with E-state index in [-0.39, 0.29) is 36.0 Å². The maximum Gasteiger partial charge on any atom is 0.343 e. The van der Waals surface area contributed by atoms with E-state index < -0.39 is 33.9 Å². The van der Waals surface area contributed by atoms with Crippen LogP contribution in [0.2, 0.25) is 0 Å². The number of rotatable bonds is 10. The number of piperazine rings is 1. The highest BCUT2D eigenvalue weighted by Crippen LogP contribution is 2.35. The van der Waals surface area contributed by atoms with Gasteiger partial charge in [0, 0.05) is 138 Å². The summed E-state index contributed by atoms with van der Waals surface area (Å²) < 4.78 is 50.0. The minimum atomic E-state index is -0.652. The van der Waals surface area contributed by atoms with Crippen LogP contribution in [-0.2, 0) is 23.2 Å². The molecule has 0 spiro atoms. The summed E-state index contributed by atoms with van der Waals surface area (Å²) in [6.45, 7) is 7.51. The normalized spacial score (nSPS) is 22.3. The first-order valence-electron chi connectivity index (χ1n) is 23.2. The lowest BCUT2D eigenvalue weighted by molar-refractivity contribution is -0.899. The lowest BCUT2D eigenvalue weighted by Crippen LogP contribution is -2.51. The predicted octanol–water partition coefficient (Wildman–Crippen LogP) is 7.10. The molecule has 0 radical (unpaired) electrons. The van der Waals surface area contributed by atoms with E-state index in [4.69, 9.17) is 0 Å². The largest absolute Gasteiger partial charge is 0.633 e. The van der Waals surface area contributed by atoms with Crippen LogP contribution in [-0.4, -0.2) is 106 Å². The number of hydroxylamine groups is 3. The van der Waals surface area contributed by atoms with Crippen LogP contribution in [0, 0.1) is 40.6 Å². The molecule has 17 heteroatoms. The zero-order valence-electron chi connectivity index (χ0n) is 38.1. The molecular formula is C50H56F3N10O4+. The molecule has 4 aliphatic heterocycles. The maximum absolute atomic E-state index is 15.8. The average Bonchev–Trinajstić information content (AvgIpc) is 3.65. The second-order valence-electron chi connectivity index (χ2n) is 18.4. The van der Waals surface area contributed by atoms with Gasteiger partial charge in [-0.15, -0.1) is 0 Å². The highest BCUT2D eigenvalue weighted by molar-refractivity contribution is 5.99. The fourth-order valence-corrected chi connectivity index (χ4v) is 10.2. The van der Waals surface area contributed by atoms with Crippen molar-refractivity contribution in [2.24, 2.45) is 18.9 Å². The first kappa shape index (κ1) is 45.8. The van der Waals surface area contributed by atoms with Crippen molar-refractivity contribution >= 4 is 45.5 Å². The zero-order valence-corrected chi connectivity index (χ0v) is 38.1. The highest BCUT2D eigenvalue weighted by atomic mass is 19.1. The van der Waals surface area contributed by atoms with Gasteiger partial charge in [0.15, 0.2) is 11.7 Å². The van der Waals surface area contributed by atoms with E-state index in [1.165, 1.54) is 18.2 Å². The number of fused-ring (bicyclic) bond motifs is 1. The van der Waals surface area contributed by atoms with Crippen molar-refractivity contribution in [3.63, 3.8) is 0 Å². The molecule has 4 aliphatic rings. The molecule has 7 heterocycles. The predicted molar refractivity (Wildman–Crippen MR) is 252 cm³/mol. The van der Waals surface area contributed by atoms with Crippen LogP contribution in [0.4, 0.5) is 30.2 Å². The third-order valence-corrected chi connectivity index (χ3v) is 14.2. The van der Waals surface area contributed by atoms with Crippen molar-refractivity contribution in [2.45, 2.75) is 51.6 Å². The van der Waals surface area contributed by atoms with Gasteiger partial charge >= 0.3 is 5.69 Å². The van der Waals surface area contributed by atoms with Gasteiger partial charge in [0.2, 0.25) is 11.8 Å². The molecule has 0 saturated carbocycles. The van der Waals surface area contributed by atoms with Gasteiger partial charge in [-0.3, -0.25) is 34.1 Å². The number of anilines is 2. The van der Waals surface area contributed by atoms with E-state index in [0.29, 0.717) is 93.4 Å². The molecule has 2 aromatic carbocycles. The summed E-state index contributed by atoms with van der Waals surface area (Å²) >= 11 is 0. The lowest BCUT2D eigenvalue weighted by atomic mass is 9.94. The summed E-state index contributed by atoms with van der Waals surface area (Å²) in [5, 5.41) is 20.0. The molecule has 0 aliphatic carbocycles. The van der Waals surface area contributed by atoms with Gasteiger partial charge in [-0.05, 0) is 72.5 Å². The number of nitrogens with zero attached hydrogens (tertiary/aromatic N) is 8. The molecule has 3 fully saturated rings. The smallest absolute Gasteiger partial charge is 0.343 e. The van der Waals surface area contributed by atoms with Crippen LogP contribution >= 0.6 is 0 Å². The van der Waals surface area contributed by atoms with Crippen molar-refractivity contribution in [3.05, 3.63) is 128 Å². The van der Waals surface area contributed by atoms with Gasteiger partial charge in [-0.2, -0.15) is 0 Å². The Morgan fingerprint density at radius 3 is 2.36 bits per heavy atom. The summed E-state index contributed by atoms with van der Waals surface area (Å²) in [4.78, 5) is 51.8. The third-order valence-electron chi connectivity index (χ3n) is 14.2. The number of aryl methyl sites for hydroxylation is 1. The summed E-state index contributed by atoms with van der Waals surface area (Å²) in [6, 6.07) is 17.4. The van der Waals surface area contributed by atoms with E-state index in [0.717, 1.165) is 47.7 Å². The molecule has 14 nitrogen and oxygen atoms in total. The SMILES string of the molecule is CNc1ccn(-c2ccnc3c2cc([C@H](C)N2CC=C(c4c(F)cc(C[N+]5([O-])CCC(CN6CCN(c7ccc([N+]#CC8CCC(=O)NC8=O)cc7F)CC6)CC5)cc4F)CC2)n3C)c(=O)c1. The Labute approximate surface area is 387 Å². The average molecular weight is 918 g/mol. The number of quaternary nitrogens is 1. The number of pyridine rings is 2. The molecule has 67 heavy (non-hydrogen) atoms. The minimum absolute atomic E-state index is 0.00591. The van der Waals surface area contributed by atoms with Gasteiger partial charge in [0.1, 0.15) is 23.8 Å². The van der Waals surface area contributed by atoms with Gasteiger partial charge in [-0.25, -0.2) is 18.2 Å². The van der Waals surface area contributed by atoms with Crippen LogP contribution in [0.15, 0.2) is 77.9 Å². The van der Waals surface area contributed by atoms with Crippen LogP contribution in [0.3, 0.4) is 0 Å². The molecule has 1 unspecified atom stereocenters. The molecule has 0 bridgehead atoms. The van der Waals surface area contributed by atoms with Crippen molar-refractivity contribution < 1.29 is 27.4 Å². The molecule has 2 atom stereocenters. The van der Waals surface area contributed by atoms with Crippen molar-refractivity contribution in [1.29, 1.82) is 0 Å². The maximum atomic E-state index is 15.8. The highest BCUT2D eigenvalue weighted by Gasteiger charge is 2.33. The minimum Gasteiger partial charge on any atom is -0.633 e. The van der Waals surface area contributed by atoms with Crippen LogP contribution in [0.5, 0.6) is 0 Å². The zero-order chi connectivity index (χ0) is 47.0. The quantitative estimate of drug-likeness (QED) is 0.0856. The number of imide groups is 1. The second-order valence-corrected chi connectivity index (χ2v) is 18.4. The second kappa shape index (κ2) is 19.1. The monoisotopic (exact) mass is 917 g/mol. The van der Waals surface area contributed by atoms with E-state index in [1.54, 1.807) is 42.2 Å². The number of piperidine rings is 2. The Balaban J connectivity index is 0.762. The fourth-order valence-electron chi connectivity index (χ4n) is 10.2. The molecule has 9 rings (SSSR count). The molecule has 3 aromatic heterocycles. The number of aromatic nitrogens is 3. The molecule has 2 amide bonds. The molecule has 3 saturated heterocycles. The standard InChI is InChI=1S/C50H55F3N10O4/c1-32(45-28-39-43(8-14-55-49(39)58(45)3)62-17-11-37(54-2)27-47(62)65)60-15-9-35(10-16-60)48-41(52)24-34(25-42(48)53)31-63(67)22-12-33(13-23-63)30-59-18-20-61(21-19-59)44-6-5-38(26-40(44)51)56-29-36-4-7-46(64)57-50(36)66/h5-6,8-9,11,14,17,24-28,32-33,36H,4,7,10,12-13,15-16,18-23,30-31H2,1-3H3,(H-,54,57,64,65,66)/p+1/t32-,33?,36?,63?/m0/s1. The van der Waals surface area contributed by atoms with E-state index in [9.17, 15) is 19.6 Å². The Kier molecular flexibility index (Phi) is 13.1. The molecule has 2 N–H and O–H groups in total. The van der Waals surface area contributed by atoms with Gasteiger partial charge in [0.05, 0.1) is 30.5 Å². The molecule has 350 valence electrons. The number of amides is 2. The van der Waals surface area contributed by atoms with Crippen LogP contribution in [0.1, 0.15) is 61.9 Å².